The maximum absolute atomic E-state index is 12.7. The summed E-state index contributed by atoms with van der Waals surface area (Å²) >= 11 is 3.35. The summed E-state index contributed by atoms with van der Waals surface area (Å²) in [6.07, 6.45) is 0.706. The molecular weight excluding hydrogens is 478 g/mol. The Balaban J connectivity index is 1.34. The molecule has 0 atom stereocenters. The Hall–Kier alpha value is -3.07. The average Bonchev–Trinajstić information content (AvgIpc) is 2.79. The van der Waals surface area contributed by atoms with Gasteiger partial charge in [0.15, 0.2) is 0 Å². The van der Waals surface area contributed by atoms with Crippen molar-refractivity contribution in [1.82, 2.24) is 4.90 Å². The minimum absolute atomic E-state index is 0.0862. The van der Waals surface area contributed by atoms with Crippen LogP contribution in [0.4, 0.5) is 16.2 Å². The molecule has 0 radical (unpaired) electrons. The van der Waals surface area contributed by atoms with Crippen molar-refractivity contribution in [2.24, 2.45) is 0 Å². The lowest BCUT2D eigenvalue weighted by atomic mass is 9.82. The van der Waals surface area contributed by atoms with Crippen LogP contribution < -0.4 is 15.4 Å². The molecule has 1 spiro atoms. The number of anilines is 2. The Labute approximate surface area is 194 Å². The highest BCUT2D eigenvalue weighted by Crippen LogP contribution is 2.44. The summed E-state index contributed by atoms with van der Waals surface area (Å²) < 4.78 is 12.0. The smallest absolute Gasteiger partial charge is 0.412 e. The Morgan fingerprint density at radius 3 is 2.56 bits per heavy atom. The number of hydrogen-bond acceptors (Lipinski definition) is 5. The number of halogens is 1. The van der Waals surface area contributed by atoms with Crippen molar-refractivity contribution < 1.29 is 23.9 Å². The van der Waals surface area contributed by atoms with Gasteiger partial charge in [0.25, 0.3) is 0 Å². The van der Waals surface area contributed by atoms with Crippen LogP contribution in [0.5, 0.6) is 5.75 Å². The standard InChI is InChI=1S/C23H24BrN3O5/c1-31-17-6-7-19-18(14-17)23(32-22(30)26-19)10-12-27(13-11-23)21(29)9-8-20(28)25-16-4-2-15(24)3-5-16/h2-7,14H,8-13H2,1H3,(H,25,28)(H,26,30). The number of rotatable bonds is 5. The fourth-order valence-electron chi connectivity index (χ4n) is 4.13. The summed E-state index contributed by atoms with van der Waals surface area (Å²) in [6, 6.07) is 12.7. The van der Waals surface area contributed by atoms with E-state index in [1.807, 2.05) is 18.2 Å². The molecule has 2 aromatic rings. The number of benzene rings is 2. The number of nitrogens with zero attached hydrogens (tertiary/aromatic N) is 1. The SMILES string of the molecule is COc1ccc2c(c1)C1(CCN(C(=O)CCC(=O)Nc3ccc(Br)cc3)CC1)OC(=O)N2. The molecule has 0 aromatic heterocycles. The molecule has 8 nitrogen and oxygen atoms in total. The van der Waals surface area contributed by atoms with Gasteiger partial charge in [0.05, 0.1) is 12.8 Å². The fourth-order valence-corrected chi connectivity index (χ4v) is 4.39. The summed E-state index contributed by atoms with van der Waals surface area (Å²) in [7, 11) is 1.59. The van der Waals surface area contributed by atoms with E-state index in [1.165, 1.54) is 0 Å². The number of carbonyl (C=O) groups is 3. The zero-order chi connectivity index (χ0) is 22.7. The number of methoxy groups -OCH3 is 1. The number of nitrogens with one attached hydrogen (secondary N) is 2. The van der Waals surface area contributed by atoms with E-state index in [-0.39, 0.29) is 24.7 Å². The van der Waals surface area contributed by atoms with E-state index in [0.29, 0.717) is 43.1 Å². The average molecular weight is 502 g/mol. The molecule has 2 aliphatic heterocycles. The third kappa shape index (κ3) is 4.72. The normalized spacial score (nSPS) is 16.6. The first-order chi connectivity index (χ1) is 15.4. The molecule has 3 amide bonds. The van der Waals surface area contributed by atoms with Crippen LogP contribution in [0.2, 0.25) is 0 Å². The Kier molecular flexibility index (Phi) is 6.36. The van der Waals surface area contributed by atoms with E-state index >= 15 is 0 Å². The molecule has 0 saturated carbocycles. The number of fused-ring (bicyclic) bond motifs is 2. The van der Waals surface area contributed by atoms with Gasteiger partial charge in [0, 0.05) is 54.5 Å². The van der Waals surface area contributed by atoms with E-state index in [2.05, 4.69) is 26.6 Å². The van der Waals surface area contributed by atoms with Crippen molar-refractivity contribution in [2.45, 2.75) is 31.3 Å². The summed E-state index contributed by atoms with van der Waals surface area (Å²) in [5.41, 5.74) is 1.46. The Bertz CT molecular complexity index is 1030. The number of hydrogen-bond donors (Lipinski definition) is 2. The largest absolute Gasteiger partial charge is 0.497 e. The fraction of sp³-hybridized carbons (Fsp3) is 0.348. The van der Waals surface area contributed by atoms with Crippen molar-refractivity contribution in [1.29, 1.82) is 0 Å². The molecule has 0 unspecified atom stereocenters. The van der Waals surface area contributed by atoms with Crippen LogP contribution >= 0.6 is 15.9 Å². The highest BCUT2D eigenvalue weighted by Gasteiger charge is 2.45. The van der Waals surface area contributed by atoms with Crippen LogP contribution in [0, 0.1) is 0 Å². The molecule has 0 aliphatic carbocycles. The van der Waals surface area contributed by atoms with E-state index in [0.717, 1.165) is 10.0 Å². The lowest BCUT2D eigenvalue weighted by molar-refractivity contribution is -0.137. The van der Waals surface area contributed by atoms with E-state index in [4.69, 9.17) is 9.47 Å². The lowest BCUT2D eigenvalue weighted by Gasteiger charge is -2.44. The minimum Gasteiger partial charge on any atom is -0.497 e. The van der Waals surface area contributed by atoms with Gasteiger partial charge in [-0.25, -0.2) is 4.79 Å². The van der Waals surface area contributed by atoms with Gasteiger partial charge in [-0.05, 0) is 42.5 Å². The van der Waals surface area contributed by atoms with Crippen molar-refractivity contribution in [3.8, 4) is 5.75 Å². The van der Waals surface area contributed by atoms with Gasteiger partial charge in [-0.15, -0.1) is 0 Å². The van der Waals surface area contributed by atoms with Gasteiger partial charge in [-0.2, -0.15) is 0 Å². The third-order valence-corrected chi connectivity index (χ3v) is 6.39. The van der Waals surface area contributed by atoms with Crippen molar-refractivity contribution in [2.75, 3.05) is 30.8 Å². The van der Waals surface area contributed by atoms with Gasteiger partial charge in [-0.3, -0.25) is 14.9 Å². The predicted octanol–water partition coefficient (Wildman–Crippen LogP) is 4.26. The predicted molar refractivity (Wildman–Crippen MR) is 123 cm³/mol. The zero-order valence-electron chi connectivity index (χ0n) is 17.7. The second-order valence-electron chi connectivity index (χ2n) is 7.86. The van der Waals surface area contributed by atoms with Crippen molar-refractivity contribution >= 4 is 45.2 Å². The van der Waals surface area contributed by atoms with E-state index in [9.17, 15) is 14.4 Å². The second kappa shape index (κ2) is 9.20. The molecule has 2 N–H and O–H groups in total. The van der Waals surface area contributed by atoms with Gasteiger partial charge < -0.3 is 19.7 Å². The maximum Gasteiger partial charge on any atom is 0.412 e. The number of carbonyl (C=O) groups excluding carboxylic acids is 3. The molecular formula is C23H24BrN3O5. The maximum atomic E-state index is 12.7. The van der Waals surface area contributed by atoms with Crippen LogP contribution in [0.25, 0.3) is 0 Å². The van der Waals surface area contributed by atoms with Gasteiger partial charge in [-0.1, -0.05) is 15.9 Å². The number of likely N-dealkylation sites (tertiary alicyclic amines) is 1. The first kappa shape index (κ1) is 22.1. The molecule has 1 fully saturated rings. The van der Waals surface area contributed by atoms with E-state index in [1.54, 1.807) is 36.3 Å². The molecule has 2 heterocycles. The molecule has 2 aliphatic rings. The van der Waals surface area contributed by atoms with Crippen molar-refractivity contribution in [3.63, 3.8) is 0 Å². The van der Waals surface area contributed by atoms with Crippen molar-refractivity contribution in [3.05, 3.63) is 52.5 Å². The highest BCUT2D eigenvalue weighted by atomic mass is 79.9. The highest BCUT2D eigenvalue weighted by molar-refractivity contribution is 9.10. The molecule has 2 aromatic carbocycles. The summed E-state index contributed by atoms with van der Waals surface area (Å²) in [5.74, 6) is 0.387. The zero-order valence-corrected chi connectivity index (χ0v) is 19.2. The molecule has 1 saturated heterocycles. The summed E-state index contributed by atoms with van der Waals surface area (Å²) in [4.78, 5) is 38.7. The van der Waals surface area contributed by atoms with E-state index < -0.39 is 11.7 Å². The van der Waals surface area contributed by atoms with Crippen LogP contribution in [-0.4, -0.2) is 43.0 Å². The van der Waals surface area contributed by atoms with Crippen LogP contribution in [-0.2, 0) is 19.9 Å². The second-order valence-corrected chi connectivity index (χ2v) is 8.77. The monoisotopic (exact) mass is 501 g/mol. The molecule has 4 rings (SSSR count). The molecule has 168 valence electrons. The van der Waals surface area contributed by atoms with Crippen LogP contribution in [0.1, 0.15) is 31.2 Å². The summed E-state index contributed by atoms with van der Waals surface area (Å²) in [5, 5.41) is 5.52. The van der Waals surface area contributed by atoms with Crippen LogP contribution in [0.3, 0.4) is 0 Å². The van der Waals surface area contributed by atoms with Crippen LogP contribution in [0.15, 0.2) is 46.9 Å². The van der Waals surface area contributed by atoms with Gasteiger partial charge >= 0.3 is 6.09 Å². The lowest BCUT2D eigenvalue weighted by Crippen LogP contribution is -2.49. The third-order valence-electron chi connectivity index (χ3n) is 5.86. The molecule has 9 heteroatoms. The Morgan fingerprint density at radius 2 is 1.88 bits per heavy atom. The number of piperidine rings is 1. The summed E-state index contributed by atoms with van der Waals surface area (Å²) in [6.45, 7) is 0.883. The topological polar surface area (TPSA) is 97.0 Å². The first-order valence-electron chi connectivity index (χ1n) is 10.4. The number of amides is 3. The quantitative estimate of drug-likeness (QED) is 0.637. The Morgan fingerprint density at radius 1 is 1.16 bits per heavy atom. The first-order valence-corrected chi connectivity index (χ1v) is 11.2. The van der Waals surface area contributed by atoms with Gasteiger partial charge in [0.1, 0.15) is 11.4 Å². The number of ether oxygens (including phenoxy) is 2. The van der Waals surface area contributed by atoms with Gasteiger partial charge in [0.2, 0.25) is 11.8 Å². The molecule has 0 bridgehead atoms. The molecule has 32 heavy (non-hydrogen) atoms. The minimum atomic E-state index is -0.790.